The number of aromatic nitrogens is 4. The van der Waals surface area contributed by atoms with E-state index in [9.17, 15) is 5.11 Å². The van der Waals surface area contributed by atoms with Gasteiger partial charge in [-0.05, 0) is 0 Å². The van der Waals surface area contributed by atoms with Gasteiger partial charge in [-0.3, -0.25) is 4.57 Å². The summed E-state index contributed by atoms with van der Waals surface area (Å²) in [4.78, 5) is 12.1. The molecule has 2 aromatic heterocycles. The maximum atomic E-state index is 9.80. The van der Waals surface area contributed by atoms with Crippen LogP contribution in [0.5, 0.6) is 0 Å². The zero-order chi connectivity index (χ0) is 13.4. The Bertz CT molecular complexity index is 627. The molecule has 0 radical (unpaired) electrons. The molecule has 0 spiro atoms. The van der Waals surface area contributed by atoms with Crippen LogP contribution in [-0.4, -0.2) is 48.3 Å². The number of anilines is 1. The van der Waals surface area contributed by atoms with Gasteiger partial charge >= 0.3 is 0 Å². The highest BCUT2D eigenvalue weighted by atomic mass is 16.5. The van der Waals surface area contributed by atoms with Crippen molar-refractivity contribution in [2.24, 2.45) is 5.16 Å². The highest BCUT2D eigenvalue weighted by Gasteiger charge is 2.35. The van der Waals surface area contributed by atoms with E-state index in [1.165, 1.54) is 12.7 Å². The maximum Gasteiger partial charge on any atom is 0.167 e. The van der Waals surface area contributed by atoms with Gasteiger partial charge in [0, 0.05) is 6.42 Å². The molecule has 3 heterocycles. The number of oxime groups is 1. The summed E-state index contributed by atoms with van der Waals surface area (Å²) < 4.78 is 7.24. The fourth-order valence-corrected chi connectivity index (χ4v) is 2.13. The SMILES string of the molecule is Nc1ncnc2c1ncn2C1CC(O)C(/C=N/O)O1. The molecule has 0 bridgehead atoms. The van der Waals surface area contributed by atoms with E-state index < -0.39 is 18.4 Å². The average molecular weight is 264 g/mol. The molecule has 9 nitrogen and oxygen atoms in total. The van der Waals surface area contributed by atoms with Crippen LogP contribution >= 0.6 is 0 Å². The summed E-state index contributed by atoms with van der Waals surface area (Å²) in [5.74, 6) is 0.288. The third-order valence-electron chi connectivity index (χ3n) is 3.05. The predicted octanol–water partition coefficient (Wildman–Crippen LogP) is -0.483. The number of aliphatic hydroxyl groups is 1. The number of nitrogens with zero attached hydrogens (tertiary/aromatic N) is 5. The highest BCUT2D eigenvalue weighted by Crippen LogP contribution is 2.30. The summed E-state index contributed by atoms with van der Waals surface area (Å²) in [6, 6.07) is 0. The molecule has 2 aromatic rings. The van der Waals surface area contributed by atoms with Crippen LogP contribution < -0.4 is 5.73 Å². The summed E-state index contributed by atoms with van der Waals surface area (Å²) in [6.45, 7) is 0. The average Bonchev–Trinajstić information content (AvgIpc) is 2.95. The molecule has 1 saturated heterocycles. The van der Waals surface area contributed by atoms with Gasteiger partial charge in [-0.1, -0.05) is 5.16 Å². The molecule has 1 aliphatic heterocycles. The van der Waals surface area contributed by atoms with Crippen molar-refractivity contribution in [2.45, 2.75) is 24.9 Å². The van der Waals surface area contributed by atoms with Crippen LogP contribution in [0, 0.1) is 0 Å². The van der Waals surface area contributed by atoms with Crippen LogP contribution in [-0.2, 0) is 4.74 Å². The van der Waals surface area contributed by atoms with Crippen molar-refractivity contribution in [1.29, 1.82) is 0 Å². The summed E-state index contributed by atoms with van der Waals surface area (Å²) in [7, 11) is 0. The van der Waals surface area contributed by atoms with Crippen molar-refractivity contribution in [1.82, 2.24) is 19.5 Å². The Hall–Kier alpha value is -2.26. The number of hydrogen-bond acceptors (Lipinski definition) is 8. The second kappa shape index (κ2) is 4.44. The van der Waals surface area contributed by atoms with E-state index >= 15 is 0 Å². The summed E-state index contributed by atoms with van der Waals surface area (Å²) >= 11 is 0. The number of nitrogens with two attached hydrogens (primary N) is 1. The molecule has 3 atom stereocenters. The molecular formula is C10H12N6O3. The third-order valence-corrected chi connectivity index (χ3v) is 3.05. The molecule has 1 aliphatic rings. The fraction of sp³-hybridized carbons (Fsp3) is 0.400. The van der Waals surface area contributed by atoms with Crippen LogP contribution in [0.4, 0.5) is 5.82 Å². The Morgan fingerprint density at radius 3 is 3.11 bits per heavy atom. The lowest BCUT2D eigenvalue weighted by Crippen LogP contribution is -2.21. The number of ether oxygens (including phenoxy) is 1. The molecule has 19 heavy (non-hydrogen) atoms. The van der Waals surface area contributed by atoms with Gasteiger partial charge in [0.1, 0.15) is 24.2 Å². The van der Waals surface area contributed by atoms with E-state index in [2.05, 4.69) is 20.1 Å². The highest BCUT2D eigenvalue weighted by molar-refractivity contribution is 5.81. The molecule has 1 fully saturated rings. The van der Waals surface area contributed by atoms with E-state index in [4.69, 9.17) is 15.7 Å². The van der Waals surface area contributed by atoms with Gasteiger partial charge in [0.15, 0.2) is 11.5 Å². The Morgan fingerprint density at radius 2 is 2.32 bits per heavy atom. The van der Waals surface area contributed by atoms with Crippen molar-refractivity contribution < 1.29 is 15.1 Å². The van der Waals surface area contributed by atoms with Gasteiger partial charge in [-0.25, -0.2) is 15.0 Å². The van der Waals surface area contributed by atoms with Gasteiger partial charge in [0.25, 0.3) is 0 Å². The number of nitrogen functional groups attached to an aromatic ring is 1. The summed E-state index contributed by atoms with van der Waals surface area (Å²) in [5, 5.41) is 21.2. The molecule has 3 unspecified atom stereocenters. The van der Waals surface area contributed by atoms with Gasteiger partial charge in [0.2, 0.25) is 0 Å². The quantitative estimate of drug-likeness (QED) is 0.379. The number of hydrogen-bond donors (Lipinski definition) is 3. The first-order valence-electron chi connectivity index (χ1n) is 5.65. The number of imidazole rings is 1. The first-order chi connectivity index (χ1) is 9.20. The first kappa shape index (κ1) is 11.8. The van der Waals surface area contributed by atoms with E-state index in [0.717, 1.165) is 6.21 Å². The minimum atomic E-state index is -0.752. The van der Waals surface area contributed by atoms with Crippen molar-refractivity contribution in [3.63, 3.8) is 0 Å². The molecule has 0 aromatic carbocycles. The van der Waals surface area contributed by atoms with E-state index in [0.29, 0.717) is 17.6 Å². The van der Waals surface area contributed by atoms with E-state index in [1.54, 1.807) is 4.57 Å². The Balaban J connectivity index is 1.96. The molecule has 0 saturated carbocycles. The molecule has 4 N–H and O–H groups in total. The largest absolute Gasteiger partial charge is 0.411 e. The molecule has 0 amide bonds. The Morgan fingerprint density at radius 1 is 1.47 bits per heavy atom. The molecule has 100 valence electrons. The Labute approximate surface area is 107 Å². The standard InChI is InChI=1S/C10H12N6O3/c11-9-8-10(13-3-12-9)16(4-14-8)7-1-5(17)6(19-7)2-15-18/h2-7,17-18H,1H2,(H2,11,12,13)/b15-2+. The lowest BCUT2D eigenvalue weighted by molar-refractivity contribution is 0.0203. The maximum absolute atomic E-state index is 9.80. The summed E-state index contributed by atoms with van der Waals surface area (Å²) in [6.07, 6.45) is 2.50. The number of rotatable bonds is 2. The Kier molecular flexibility index (Phi) is 2.76. The topological polar surface area (TPSA) is 132 Å². The molecule has 3 rings (SSSR count). The fourth-order valence-electron chi connectivity index (χ4n) is 2.13. The normalized spacial score (nSPS) is 27.5. The summed E-state index contributed by atoms with van der Waals surface area (Å²) in [5.41, 5.74) is 6.72. The molecule has 0 aliphatic carbocycles. The lowest BCUT2D eigenvalue weighted by Gasteiger charge is -2.12. The van der Waals surface area contributed by atoms with Gasteiger partial charge in [0.05, 0.1) is 18.6 Å². The zero-order valence-corrected chi connectivity index (χ0v) is 9.79. The van der Waals surface area contributed by atoms with Crippen molar-refractivity contribution in [2.75, 3.05) is 5.73 Å². The molecule has 9 heteroatoms. The van der Waals surface area contributed by atoms with Crippen molar-refractivity contribution in [3.8, 4) is 0 Å². The third kappa shape index (κ3) is 1.88. The van der Waals surface area contributed by atoms with Crippen LogP contribution in [0.1, 0.15) is 12.6 Å². The lowest BCUT2D eigenvalue weighted by atomic mass is 10.2. The molecular weight excluding hydrogens is 252 g/mol. The smallest absolute Gasteiger partial charge is 0.167 e. The van der Waals surface area contributed by atoms with E-state index in [1.807, 2.05) is 0 Å². The van der Waals surface area contributed by atoms with Gasteiger partial charge in [-0.15, -0.1) is 0 Å². The van der Waals surface area contributed by atoms with Crippen molar-refractivity contribution >= 4 is 23.2 Å². The monoisotopic (exact) mass is 264 g/mol. The van der Waals surface area contributed by atoms with Crippen LogP contribution in [0.3, 0.4) is 0 Å². The van der Waals surface area contributed by atoms with Gasteiger partial charge < -0.3 is 20.8 Å². The second-order valence-electron chi connectivity index (χ2n) is 4.21. The van der Waals surface area contributed by atoms with Crippen LogP contribution in [0.25, 0.3) is 11.2 Å². The van der Waals surface area contributed by atoms with Crippen molar-refractivity contribution in [3.05, 3.63) is 12.7 Å². The van der Waals surface area contributed by atoms with Gasteiger partial charge in [-0.2, -0.15) is 0 Å². The minimum absolute atomic E-state index is 0.288. The zero-order valence-electron chi connectivity index (χ0n) is 9.79. The van der Waals surface area contributed by atoms with Crippen LogP contribution in [0.2, 0.25) is 0 Å². The predicted molar refractivity (Wildman–Crippen MR) is 64.5 cm³/mol. The minimum Gasteiger partial charge on any atom is -0.411 e. The van der Waals surface area contributed by atoms with Crippen LogP contribution in [0.15, 0.2) is 17.8 Å². The first-order valence-corrected chi connectivity index (χ1v) is 5.65. The van der Waals surface area contributed by atoms with E-state index in [-0.39, 0.29) is 5.82 Å². The number of fused-ring (bicyclic) bond motifs is 1. The second-order valence-corrected chi connectivity index (χ2v) is 4.21. The number of aliphatic hydroxyl groups excluding tert-OH is 1.